The Hall–Kier alpha value is -0.610. The zero-order chi connectivity index (χ0) is 13.3. The number of rotatable bonds is 2. The van der Waals surface area contributed by atoms with E-state index in [2.05, 4.69) is 15.9 Å². The van der Waals surface area contributed by atoms with Crippen LogP contribution in [0.4, 0.5) is 4.39 Å². The molecular formula is C13H9BrCl2FN. The maximum Gasteiger partial charge on any atom is 0.150 e. The van der Waals surface area contributed by atoms with Crippen LogP contribution in [-0.2, 0) is 6.54 Å². The van der Waals surface area contributed by atoms with Gasteiger partial charge in [0, 0.05) is 21.6 Å². The lowest BCUT2D eigenvalue weighted by molar-refractivity contribution is 0.630. The first-order valence-corrected chi connectivity index (χ1v) is 6.72. The van der Waals surface area contributed by atoms with Crippen LogP contribution in [0.3, 0.4) is 0 Å². The minimum atomic E-state index is -0.483. The molecule has 0 saturated carbocycles. The second-order valence-corrected chi connectivity index (χ2v) is 5.40. The minimum Gasteiger partial charge on any atom is -0.326 e. The van der Waals surface area contributed by atoms with Gasteiger partial charge in [-0.2, -0.15) is 0 Å². The van der Waals surface area contributed by atoms with Crippen molar-refractivity contribution < 1.29 is 4.39 Å². The second-order valence-electron chi connectivity index (χ2n) is 3.73. The van der Waals surface area contributed by atoms with E-state index < -0.39 is 5.82 Å². The summed E-state index contributed by atoms with van der Waals surface area (Å²) in [5.74, 6) is -0.483. The number of nitrogens with two attached hydrogens (primary N) is 1. The summed E-state index contributed by atoms with van der Waals surface area (Å²) in [7, 11) is 0. The van der Waals surface area contributed by atoms with Gasteiger partial charge >= 0.3 is 0 Å². The van der Waals surface area contributed by atoms with E-state index in [9.17, 15) is 4.39 Å². The van der Waals surface area contributed by atoms with Crippen molar-refractivity contribution in [3.8, 4) is 11.1 Å². The fourth-order valence-electron chi connectivity index (χ4n) is 1.71. The van der Waals surface area contributed by atoms with Crippen molar-refractivity contribution in [2.45, 2.75) is 6.54 Å². The number of halogens is 4. The average Bonchev–Trinajstić information content (AvgIpc) is 2.36. The molecule has 0 radical (unpaired) electrons. The first kappa shape index (κ1) is 13.8. The third kappa shape index (κ3) is 2.54. The highest BCUT2D eigenvalue weighted by molar-refractivity contribution is 9.10. The lowest BCUT2D eigenvalue weighted by Gasteiger charge is -2.11. The van der Waals surface area contributed by atoms with Crippen LogP contribution in [0.15, 0.2) is 34.8 Å². The van der Waals surface area contributed by atoms with Crippen molar-refractivity contribution in [3.63, 3.8) is 0 Å². The summed E-state index contributed by atoms with van der Waals surface area (Å²) in [4.78, 5) is 0. The van der Waals surface area contributed by atoms with E-state index in [0.29, 0.717) is 27.2 Å². The van der Waals surface area contributed by atoms with Gasteiger partial charge in [-0.25, -0.2) is 4.39 Å². The lowest BCUT2D eigenvalue weighted by atomic mass is 9.99. The summed E-state index contributed by atoms with van der Waals surface area (Å²) in [5, 5.41) is 0.580. The largest absolute Gasteiger partial charge is 0.326 e. The van der Waals surface area contributed by atoms with Gasteiger partial charge in [0.1, 0.15) is 0 Å². The van der Waals surface area contributed by atoms with Crippen LogP contribution >= 0.6 is 39.1 Å². The molecule has 94 valence electrons. The van der Waals surface area contributed by atoms with Gasteiger partial charge in [0.25, 0.3) is 0 Å². The van der Waals surface area contributed by atoms with E-state index >= 15 is 0 Å². The van der Waals surface area contributed by atoms with Crippen LogP contribution in [-0.4, -0.2) is 0 Å². The number of benzene rings is 2. The van der Waals surface area contributed by atoms with Crippen molar-refractivity contribution >= 4 is 39.1 Å². The summed E-state index contributed by atoms with van der Waals surface area (Å²) in [5.41, 5.74) is 7.52. The minimum absolute atomic E-state index is 0.0513. The Labute approximate surface area is 123 Å². The topological polar surface area (TPSA) is 26.0 Å². The van der Waals surface area contributed by atoms with Crippen LogP contribution in [0, 0.1) is 5.82 Å². The monoisotopic (exact) mass is 347 g/mol. The van der Waals surface area contributed by atoms with Crippen molar-refractivity contribution in [3.05, 3.63) is 56.2 Å². The van der Waals surface area contributed by atoms with Crippen LogP contribution in [0.1, 0.15) is 5.56 Å². The maximum atomic E-state index is 14.2. The van der Waals surface area contributed by atoms with E-state index in [1.54, 1.807) is 30.3 Å². The fraction of sp³-hybridized carbons (Fsp3) is 0.0769. The quantitative estimate of drug-likeness (QED) is 0.757. The van der Waals surface area contributed by atoms with E-state index in [1.807, 2.05) is 0 Å². The molecule has 0 saturated heterocycles. The molecule has 2 aromatic carbocycles. The van der Waals surface area contributed by atoms with Gasteiger partial charge in [-0.05, 0) is 45.3 Å². The highest BCUT2D eigenvalue weighted by Crippen LogP contribution is 2.35. The molecule has 2 N–H and O–H groups in total. The van der Waals surface area contributed by atoms with Gasteiger partial charge in [-0.1, -0.05) is 35.3 Å². The molecule has 2 rings (SSSR count). The fourth-order valence-corrected chi connectivity index (χ4v) is 2.35. The number of hydrogen-bond donors (Lipinski definition) is 1. The SMILES string of the molecule is NCc1ccc(Cl)cc1-c1ccc(Br)c(Cl)c1F. The predicted molar refractivity (Wildman–Crippen MR) is 77.4 cm³/mol. The Morgan fingerprint density at radius 2 is 1.83 bits per heavy atom. The molecule has 0 amide bonds. The van der Waals surface area contributed by atoms with Crippen LogP contribution < -0.4 is 5.73 Å². The first-order valence-electron chi connectivity index (χ1n) is 5.17. The summed E-state index contributed by atoms with van der Waals surface area (Å²) in [6.07, 6.45) is 0. The Bertz CT molecular complexity index is 602. The molecule has 0 aliphatic carbocycles. The van der Waals surface area contributed by atoms with E-state index in [4.69, 9.17) is 28.9 Å². The molecule has 2 aromatic rings. The molecule has 0 aromatic heterocycles. The van der Waals surface area contributed by atoms with Crippen molar-refractivity contribution in [2.24, 2.45) is 5.73 Å². The molecule has 0 atom stereocenters. The average molecular weight is 349 g/mol. The zero-order valence-electron chi connectivity index (χ0n) is 9.18. The Morgan fingerprint density at radius 1 is 1.11 bits per heavy atom. The molecule has 0 fully saturated rings. The second kappa shape index (κ2) is 5.57. The Kier molecular flexibility index (Phi) is 4.28. The summed E-state index contributed by atoms with van der Waals surface area (Å²) < 4.78 is 14.7. The van der Waals surface area contributed by atoms with Crippen molar-refractivity contribution in [2.75, 3.05) is 0 Å². The molecular weight excluding hydrogens is 340 g/mol. The highest BCUT2D eigenvalue weighted by Gasteiger charge is 2.14. The van der Waals surface area contributed by atoms with Gasteiger partial charge in [0.05, 0.1) is 5.02 Å². The van der Waals surface area contributed by atoms with Crippen LogP contribution in [0.2, 0.25) is 10.0 Å². The van der Waals surface area contributed by atoms with Crippen LogP contribution in [0.5, 0.6) is 0 Å². The van der Waals surface area contributed by atoms with Gasteiger partial charge in [-0.15, -0.1) is 0 Å². The smallest absolute Gasteiger partial charge is 0.150 e. The van der Waals surface area contributed by atoms with E-state index in [1.165, 1.54) is 0 Å². The highest BCUT2D eigenvalue weighted by atomic mass is 79.9. The molecule has 0 bridgehead atoms. The first-order chi connectivity index (χ1) is 8.54. The van der Waals surface area contributed by atoms with Crippen LogP contribution in [0.25, 0.3) is 11.1 Å². The Balaban J connectivity index is 2.69. The molecule has 0 aliphatic heterocycles. The lowest BCUT2D eigenvalue weighted by Crippen LogP contribution is -2.00. The van der Waals surface area contributed by atoms with Crippen molar-refractivity contribution in [1.82, 2.24) is 0 Å². The predicted octanol–water partition coefficient (Wildman–Crippen LogP) is 5.02. The normalized spacial score (nSPS) is 10.7. The van der Waals surface area contributed by atoms with Gasteiger partial charge in [0.15, 0.2) is 5.82 Å². The summed E-state index contributed by atoms with van der Waals surface area (Å²) in [6, 6.07) is 8.54. The Morgan fingerprint density at radius 3 is 2.50 bits per heavy atom. The molecule has 0 aliphatic rings. The molecule has 18 heavy (non-hydrogen) atoms. The summed E-state index contributed by atoms with van der Waals surface area (Å²) >= 11 is 15.0. The third-order valence-electron chi connectivity index (χ3n) is 2.62. The van der Waals surface area contributed by atoms with E-state index in [0.717, 1.165) is 5.56 Å². The molecule has 0 heterocycles. The standard InChI is InChI=1S/C13H9BrCl2FN/c14-11-4-3-9(13(17)12(11)16)10-5-8(15)2-1-7(10)6-18/h1-5H,6,18H2. The molecule has 1 nitrogen and oxygen atoms in total. The maximum absolute atomic E-state index is 14.2. The summed E-state index contributed by atoms with van der Waals surface area (Å²) in [6.45, 7) is 0.305. The number of hydrogen-bond acceptors (Lipinski definition) is 1. The van der Waals surface area contributed by atoms with Gasteiger partial charge in [-0.3, -0.25) is 0 Å². The van der Waals surface area contributed by atoms with Gasteiger partial charge < -0.3 is 5.73 Å². The zero-order valence-corrected chi connectivity index (χ0v) is 12.3. The van der Waals surface area contributed by atoms with E-state index in [-0.39, 0.29) is 5.02 Å². The molecule has 5 heteroatoms. The van der Waals surface area contributed by atoms with Gasteiger partial charge in [0.2, 0.25) is 0 Å². The molecule has 0 spiro atoms. The van der Waals surface area contributed by atoms with Crippen molar-refractivity contribution in [1.29, 1.82) is 0 Å². The third-order valence-corrected chi connectivity index (χ3v) is 4.11. The molecule has 0 unspecified atom stereocenters.